The Hall–Kier alpha value is -2.82. The Labute approximate surface area is 172 Å². The van der Waals surface area contributed by atoms with Crippen molar-refractivity contribution in [2.45, 2.75) is 51.5 Å². The van der Waals surface area contributed by atoms with Crippen LogP contribution in [0, 0.1) is 0 Å². The van der Waals surface area contributed by atoms with Gasteiger partial charge in [-0.3, -0.25) is 4.90 Å². The fraction of sp³-hybridized carbons (Fsp3) is 0.417. The van der Waals surface area contributed by atoms with Crippen molar-refractivity contribution in [3.8, 4) is 11.1 Å². The molecule has 1 amide bonds. The predicted octanol–water partition coefficient (Wildman–Crippen LogP) is 5.29. The lowest BCUT2D eigenvalue weighted by molar-refractivity contribution is -0.143. The van der Waals surface area contributed by atoms with Gasteiger partial charge in [0.15, 0.2) is 0 Å². The molecule has 2 aromatic rings. The van der Waals surface area contributed by atoms with Gasteiger partial charge in [0.05, 0.1) is 0 Å². The molecule has 0 bridgehead atoms. The van der Waals surface area contributed by atoms with E-state index in [0.29, 0.717) is 19.4 Å². The van der Waals surface area contributed by atoms with Gasteiger partial charge in [-0.2, -0.15) is 0 Å². The molecule has 0 saturated heterocycles. The molecule has 29 heavy (non-hydrogen) atoms. The minimum absolute atomic E-state index is 0.0336. The Morgan fingerprint density at radius 3 is 2.10 bits per heavy atom. The number of benzene rings is 2. The molecule has 1 aliphatic rings. The van der Waals surface area contributed by atoms with Gasteiger partial charge in [0.25, 0.3) is 0 Å². The van der Waals surface area contributed by atoms with Crippen LogP contribution in [0.3, 0.4) is 0 Å². The van der Waals surface area contributed by atoms with E-state index in [0.717, 1.165) is 24.0 Å². The molecule has 0 saturated carbocycles. The van der Waals surface area contributed by atoms with E-state index in [1.54, 1.807) is 0 Å². The summed E-state index contributed by atoms with van der Waals surface area (Å²) in [5, 5.41) is 9.64. The van der Waals surface area contributed by atoms with Crippen molar-refractivity contribution in [2.24, 2.45) is 0 Å². The first kappa shape index (κ1) is 20.9. The lowest BCUT2D eigenvalue weighted by Gasteiger charge is -2.28. The number of unbranched alkanes of at least 4 members (excludes halogenated alkanes) is 1. The van der Waals surface area contributed by atoms with Gasteiger partial charge in [0.1, 0.15) is 12.6 Å². The molecule has 3 rings (SSSR count). The molecule has 0 heterocycles. The summed E-state index contributed by atoms with van der Waals surface area (Å²) < 4.78 is 5.69. The molecule has 1 atom stereocenters. The number of nitrogens with zero attached hydrogens (tertiary/aromatic N) is 1. The Bertz CT molecular complexity index is 818. The molecule has 0 radical (unpaired) electrons. The second-order valence-corrected chi connectivity index (χ2v) is 7.49. The summed E-state index contributed by atoms with van der Waals surface area (Å²) in [6.07, 6.45) is 2.22. The highest BCUT2D eigenvalue weighted by Gasteiger charge is 2.32. The summed E-state index contributed by atoms with van der Waals surface area (Å²) in [5.74, 6) is -1.01. The fourth-order valence-corrected chi connectivity index (χ4v) is 4.10. The van der Waals surface area contributed by atoms with E-state index in [9.17, 15) is 14.7 Å². The van der Waals surface area contributed by atoms with Gasteiger partial charge in [-0.1, -0.05) is 75.2 Å². The number of carbonyl (C=O) groups excluding carboxylic acids is 1. The summed E-state index contributed by atoms with van der Waals surface area (Å²) in [4.78, 5) is 26.0. The van der Waals surface area contributed by atoms with Crippen LogP contribution in [-0.4, -0.2) is 41.3 Å². The van der Waals surface area contributed by atoms with Crippen molar-refractivity contribution in [1.29, 1.82) is 0 Å². The number of hydrogen-bond donors (Lipinski definition) is 1. The molecule has 5 heteroatoms. The van der Waals surface area contributed by atoms with Gasteiger partial charge in [-0.05, 0) is 35.1 Å². The Balaban J connectivity index is 1.77. The fourth-order valence-electron chi connectivity index (χ4n) is 4.10. The van der Waals surface area contributed by atoms with E-state index >= 15 is 0 Å². The van der Waals surface area contributed by atoms with Crippen molar-refractivity contribution in [3.63, 3.8) is 0 Å². The summed E-state index contributed by atoms with van der Waals surface area (Å²) in [7, 11) is 0. The standard InChI is InChI=1S/C24H29NO4/c1-3-5-14-22(23(26)27)25(15-4-2)24(28)29-16-21-19-12-8-6-10-17(19)18-11-7-9-13-20(18)21/h6-13,21-22H,3-5,14-16H2,1-2H3,(H,26,27)/t22-/m1/s1. The van der Waals surface area contributed by atoms with Gasteiger partial charge in [0, 0.05) is 12.5 Å². The monoisotopic (exact) mass is 395 g/mol. The highest BCUT2D eigenvalue weighted by atomic mass is 16.6. The van der Waals surface area contributed by atoms with Crippen LogP contribution in [0.15, 0.2) is 48.5 Å². The third-order valence-electron chi connectivity index (χ3n) is 5.53. The summed E-state index contributed by atoms with van der Waals surface area (Å²) in [5.41, 5.74) is 4.62. The zero-order valence-electron chi connectivity index (χ0n) is 17.1. The van der Waals surface area contributed by atoms with Crippen molar-refractivity contribution in [1.82, 2.24) is 4.90 Å². The quantitative estimate of drug-likeness (QED) is 0.626. The maximum atomic E-state index is 12.9. The molecule has 2 aromatic carbocycles. The average molecular weight is 395 g/mol. The number of carbonyl (C=O) groups is 2. The third kappa shape index (κ3) is 4.44. The lowest BCUT2D eigenvalue weighted by atomic mass is 9.98. The minimum atomic E-state index is -0.972. The number of amides is 1. The van der Waals surface area contributed by atoms with Crippen molar-refractivity contribution >= 4 is 12.1 Å². The van der Waals surface area contributed by atoms with Gasteiger partial charge < -0.3 is 9.84 Å². The molecule has 1 N–H and O–H groups in total. The molecular weight excluding hydrogens is 366 g/mol. The first-order chi connectivity index (χ1) is 14.1. The van der Waals surface area contributed by atoms with Crippen LogP contribution in [-0.2, 0) is 9.53 Å². The number of rotatable bonds is 9. The van der Waals surface area contributed by atoms with E-state index in [2.05, 4.69) is 24.3 Å². The first-order valence-corrected chi connectivity index (χ1v) is 10.4. The molecule has 0 aliphatic heterocycles. The van der Waals surface area contributed by atoms with Crippen LogP contribution in [0.4, 0.5) is 4.79 Å². The summed E-state index contributed by atoms with van der Waals surface area (Å²) >= 11 is 0. The number of carboxylic acids is 1. The molecular formula is C24H29NO4. The second kappa shape index (κ2) is 9.59. The van der Waals surface area contributed by atoms with Crippen molar-refractivity contribution in [2.75, 3.05) is 13.2 Å². The molecule has 5 nitrogen and oxygen atoms in total. The topological polar surface area (TPSA) is 66.8 Å². The predicted molar refractivity (Wildman–Crippen MR) is 113 cm³/mol. The van der Waals surface area contributed by atoms with E-state index in [1.807, 2.05) is 38.1 Å². The van der Waals surface area contributed by atoms with E-state index in [1.165, 1.54) is 16.0 Å². The highest BCUT2D eigenvalue weighted by molar-refractivity contribution is 5.81. The van der Waals surface area contributed by atoms with Crippen molar-refractivity contribution < 1.29 is 19.4 Å². The minimum Gasteiger partial charge on any atom is -0.480 e. The van der Waals surface area contributed by atoms with E-state index in [4.69, 9.17) is 4.74 Å². The number of aliphatic carboxylic acids is 1. The maximum absolute atomic E-state index is 12.9. The third-order valence-corrected chi connectivity index (χ3v) is 5.53. The van der Waals surface area contributed by atoms with Crippen LogP contribution in [0.5, 0.6) is 0 Å². The molecule has 0 spiro atoms. The lowest BCUT2D eigenvalue weighted by Crippen LogP contribution is -2.46. The van der Waals surface area contributed by atoms with E-state index < -0.39 is 18.1 Å². The number of ether oxygens (including phenoxy) is 1. The normalized spacial score (nSPS) is 13.4. The number of carboxylic acid groups (broad SMARTS) is 1. The van der Waals surface area contributed by atoms with Gasteiger partial charge >= 0.3 is 12.1 Å². The average Bonchev–Trinajstić information content (AvgIpc) is 3.05. The van der Waals surface area contributed by atoms with E-state index in [-0.39, 0.29) is 12.5 Å². The highest BCUT2D eigenvalue weighted by Crippen LogP contribution is 2.44. The Morgan fingerprint density at radius 1 is 1.00 bits per heavy atom. The van der Waals surface area contributed by atoms with Crippen LogP contribution in [0.1, 0.15) is 56.6 Å². The van der Waals surface area contributed by atoms with Crippen LogP contribution in [0.2, 0.25) is 0 Å². The van der Waals surface area contributed by atoms with Crippen LogP contribution in [0.25, 0.3) is 11.1 Å². The largest absolute Gasteiger partial charge is 0.480 e. The van der Waals surface area contributed by atoms with Crippen LogP contribution >= 0.6 is 0 Å². The van der Waals surface area contributed by atoms with Gasteiger partial charge in [-0.15, -0.1) is 0 Å². The van der Waals surface area contributed by atoms with Crippen molar-refractivity contribution in [3.05, 3.63) is 59.7 Å². The Morgan fingerprint density at radius 2 is 1.59 bits per heavy atom. The smallest absolute Gasteiger partial charge is 0.410 e. The molecule has 0 aromatic heterocycles. The second-order valence-electron chi connectivity index (χ2n) is 7.49. The van der Waals surface area contributed by atoms with Crippen LogP contribution < -0.4 is 0 Å². The molecule has 154 valence electrons. The van der Waals surface area contributed by atoms with Gasteiger partial charge in [0.2, 0.25) is 0 Å². The SMILES string of the molecule is CCCC[C@H](C(=O)O)N(CCC)C(=O)OCC1c2ccccc2-c2ccccc21. The molecule has 0 unspecified atom stereocenters. The van der Waals surface area contributed by atoms with Gasteiger partial charge in [-0.25, -0.2) is 9.59 Å². The maximum Gasteiger partial charge on any atom is 0.410 e. The molecule has 0 fully saturated rings. The Kier molecular flexibility index (Phi) is 6.91. The number of hydrogen-bond acceptors (Lipinski definition) is 3. The number of fused-ring (bicyclic) bond motifs is 3. The first-order valence-electron chi connectivity index (χ1n) is 10.4. The summed E-state index contributed by atoms with van der Waals surface area (Å²) in [6.45, 7) is 4.52. The molecule has 1 aliphatic carbocycles. The summed E-state index contributed by atoms with van der Waals surface area (Å²) in [6, 6.07) is 15.5. The zero-order chi connectivity index (χ0) is 20.8. The zero-order valence-corrected chi connectivity index (χ0v) is 17.1.